The van der Waals surface area contributed by atoms with Crippen LogP contribution in [0.3, 0.4) is 0 Å². The number of nitrogens with zero attached hydrogens (tertiary/aromatic N) is 4. The molecule has 0 saturated heterocycles. The van der Waals surface area contributed by atoms with E-state index in [-0.39, 0.29) is 0 Å². The van der Waals surface area contributed by atoms with Crippen LogP contribution in [0.1, 0.15) is 49.4 Å². The topological polar surface area (TPSA) is 100 Å². The van der Waals surface area contributed by atoms with Crippen LogP contribution in [0.15, 0.2) is 53.7 Å². The highest BCUT2D eigenvalue weighted by Crippen LogP contribution is 2.38. The zero-order valence-corrected chi connectivity index (χ0v) is 19.9. The number of esters is 1. The van der Waals surface area contributed by atoms with Gasteiger partial charge < -0.3 is 19.5 Å². The van der Waals surface area contributed by atoms with Crippen LogP contribution in [0.2, 0.25) is 0 Å². The maximum Gasteiger partial charge on any atom is 0.338 e. The van der Waals surface area contributed by atoms with Gasteiger partial charge in [-0.2, -0.15) is 4.68 Å². The van der Waals surface area contributed by atoms with E-state index in [1.807, 2.05) is 57.2 Å². The smallest absolute Gasteiger partial charge is 0.338 e. The number of benzene rings is 2. The molecule has 0 saturated carbocycles. The molecule has 1 aromatic heterocycles. The lowest BCUT2D eigenvalue weighted by Crippen LogP contribution is -2.30. The molecule has 0 amide bonds. The number of methoxy groups -OCH3 is 1. The van der Waals surface area contributed by atoms with Gasteiger partial charge in [-0.3, -0.25) is 0 Å². The van der Waals surface area contributed by atoms with Crippen LogP contribution in [0.4, 0.5) is 5.95 Å². The minimum absolute atomic E-state index is 0.357. The Kier molecular flexibility index (Phi) is 7.10. The number of anilines is 1. The summed E-state index contributed by atoms with van der Waals surface area (Å²) >= 11 is 0. The lowest BCUT2D eigenvalue weighted by Gasteiger charge is -2.27. The van der Waals surface area contributed by atoms with Gasteiger partial charge in [0.25, 0.3) is 0 Å². The van der Waals surface area contributed by atoms with Gasteiger partial charge >= 0.3 is 5.97 Å². The van der Waals surface area contributed by atoms with Crippen molar-refractivity contribution < 1.29 is 19.0 Å². The Bertz CT molecular complexity index is 1200. The van der Waals surface area contributed by atoms with E-state index in [4.69, 9.17) is 14.2 Å². The fourth-order valence-corrected chi connectivity index (χ4v) is 3.91. The Balaban J connectivity index is 1.64. The molecule has 9 nitrogen and oxygen atoms in total. The van der Waals surface area contributed by atoms with Crippen molar-refractivity contribution in [2.75, 3.05) is 19.0 Å². The van der Waals surface area contributed by atoms with Gasteiger partial charge in [0.1, 0.15) is 12.6 Å². The fraction of sp³-hybridized carbons (Fsp3) is 0.360. The van der Waals surface area contributed by atoms with E-state index in [0.29, 0.717) is 41.9 Å². The predicted molar refractivity (Wildman–Crippen MR) is 127 cm³/mol. The van der Waals surface area contributed by atoms with Gasteiger partial charge in [-0.15, -0.1) is 0 Å². The molecule has 0 spiro atoms. The van der Waals surface area contributed by atoms with E-state index >= 15 is 0 Å². The number of carbonyl (C=O) groups is 1. The third kappa shape index (κ3) is 4.88. The fourth-order valence-electron chi connectivity index (χ4n) is 3.91. The Hall–Kier alpha value is -3.88. The Morgan fingerprint density at radius 1 is 1.15 bits per heavy atom. The summed E-state index contributed by atoms with van der Waals surface area (Å²) in [5.74, 6) is 1.20. The zero-order chi connectivity index (χ0) is 24.1. The number of unbranched alkanes of at least 4 members (excludes halogenated alkanes) is 1. The Labute approximate surface area is 198 Å². The number of hydrogen-bond donors (Lipinski definition) is 1. The molecule has 2 aromatic carbocycles. The van der Waals surface area contributed by atoms with Crippen molar-refractivity contribution in [1.29, 1.82) is 0 Å². The molecule has 0 fully saturated rings. The molecule has 1 N–H and O–H groups in total. The minimum atomic E-state index is -0.569. The van der Waals surface area contributed by atoms with Crippen molar-refractivity contribution in [2.45, 2.75) is 46.3 Å². The predicted octanol–water partition coefficient (Wildman–Crippen LogP) is 4.20. The number of carbonyl (C=O) groups excluding carboxylic acids is 1. The molecule has 1 unspecified atom stereocenters. The van der Waals surface area contributed by atoms with Crippen LogP contribution in [0.5, 0.6) is 11.5 Å². The minimum Gasteiger partial charge on any atom is -0.493 e. The molecular formula is C25H29N5O4. The number of rotatable bonds is 9. The Morgan fingerprint density at radius 3 is 2.76 bits per heavy atom. The maximum atomic E-state index is 13.0. The first kappa shape index (κ1) is 23.3. The van der Waals surface area contributed by atoms with Crippen molar-refractivity contribution in [3.8, 4) is 11.5 Å². The average molecular weight is 464 g/mol. The molecule has 4 rings (SSSR count). The lowest BCUT2D eigenvalue weighted by molar-refractivity contribution is -0.139. The van der Waals surface area contributed by atoms with Gasteiger partial charge in [0.2, 0.25) is 5.95 Å². The average Bonchev–Trinajstić information content (AvgIpc) is 3.30. The Morgan fingerprint density at radius 2 is 2.00 bits per heavy atom. The van der Waals surface area contributed by atoms with Crippen LogP contribution in [0, 0.1) is 6.92 Å². The SMILES string of the molecule is CCCCOC(=O)C1=C(C)Nc2nnnn2C1c1ccc(OCc2cccc(C)c2)c(OC)c1. The standard InChI is InChI=1S/C25H29N5O4/c1-5-6-12-33-24(31)22-17(3)26-25-27-28-29-30(25)23(22)19-10-11-20(21(14-19)32-4)34-15-18-9-7-8-16(2)13-18/h7-11,13-14,23H,5-6,12,15H2,1-4H3,(H,26,27,29). The molecular weight excluding hydrogens is 434 g/mol. The number of hydrogen-bond acceptors (Lipinski definition) is 8. The van der Waals surface area contributed by atoms with Gasteiger partial charge in [-0.25, -0.2) is 4.79 Å². The first-order valence-electron chi connectivity index (χ1n) is 11.3. The van der Waals surface area contributed by atoms with Gasteiger partial charge in [0.15, 0.2) is 11.5 Å². The number of aryl methyl sites for hydroxylation is 1. The number of aromatic nitrogens is 4. The van der Waals surface area contributed by atoms with Gasteiger partial charge in [0, 0.05) is 5.70 Å². The lowest BCUT2D eigenvalue weighted by atomic mass is 9.95. The summed E-state index contributed by atoms with van der Waals surface area (Å²) < 4.78 is 18.8. The molecule has 178 valence electrons. The third-order valence-electron chi connectivity index (χ3n) is 5.65. The summed E-state index contributed by atoms with van der Waals surface area (Å²) in [7, 11) is 1.59. The highest BCUT2D eigenvalue weighted by molar-refractivity contribution is 5.92. The van der Waals surface area contributed by atoms with Gasteiger partial charge in [-0.05, 0) is 54.0 Å². The molecule has 1 aliphatic rings. The van der Waals surface area contributed by atoms with Crippen LogP contribution < -0.4 is 14.8 Å². The summed E-state index contributed by atoms with van der Waals surface area (Å²) in [6.07, 6.45) is 1.73. The van der Waals surface area contributed by atoms with Crippen LogP contribution in [0.25, 0.3) is 0 Å². The number of tetrazole rings is 1. The summed E-state index contributed by atoms with van der Waals surface area (Å²) in [6, 6.07) is 13.2. The van der Waals surface area contributed by atoms with E-state index in [1.54, 1.807) is 11.8 Å². The summed E-state index contributed by atoms with van der Waals surface area (Å²) in [5.41, 5.74) is 4.11. The number of ether oxygens (including phenoxy) is 3. The first-order valence-corrected chi connectivity index (χ1v) is 11.3. The van der Waals surface area contributed by atoms with Crippen LogP contribution in [-0.4, -0.2) is 39.9 Å². The van der Waals surface area contributed by atoms with E-state index in [1.165, 1.54) is 5.56 Å². The van der Waals surface area contributed by atoms with Crippen molar-refractivity contribution in [3.63, 3.8) is 0 Å². The summed E-state index contributed by atoms with van der Waals surface area (Å²) in [6.45, 7) is 6.68. The monoisotopic (exact) mass is 463 g/mol. The maximum absolute atomic E-state index is 13.0. The number of nitrogens with one attached hydrogen (secondary N) is 1. The summed E-state index contributed by atoms with van der Waals surface area (Å²) in [4.78, 5) is 13.0. The van der Waals surface area contributed by atoms with Crippen molar-refractivity contribution in [1.82, 2.24) is 20.2 Å². The third-order valence-corrected chi connectivity index (χ3v) is 5.65. The highest BCUT2D eigenvalue weighted by Gasteiger charge is 2.35. The molecule has 34 heavy (non-hydrogen) atoms. The second-order valence-corrected chi connectivity index (χ2v) is 8.19. The molecule has 0 aliphatic carbocycles. The zero-order valence-electron chi connectivity index (χ0n) is 19.9. The van der Waals surface area contributed by atoms with E-state index in [0.717, 1.165) is 24.0 Å². The largest absolute Gasteiger partial charge is 0.493 e. The van der Waals surface area contributed by atoms with Crippen molar-refractivity contribution in [3.05, 3.63) is 70.4 Å². The van der Waals surface area contributed by atoms with Gasteiger partial charge in [0.05, 0.1) is 19.3 Å². The van der Waals surface area contributed by atoms with Crippen LogP contribution >= 0.6 is 0 Å². The van der Waals surface area contributed by atoms with Crippen molar-refractivity contribution >= 4 is 11.9 Å². The molecule has 9 heteroatoms. The van der Waals surface area contributed by atoms with E-state index in [9.17, 15) is 4.79 Å². The molecule has 0 bridgehead atoms. The van der Waals surface area contributed by atoms with Crippen LogP contribution in [-0.2, 0) is 16.1 Å². The second-order valence-electron chi connectivity index (χ2n) is 8.19. The molecule has 3 aromatic rings. The van der Waals surface area contributed by atoms with E-state index in [2.05, 4.69) is 26.9 Å². The first-order chi connectivity index (χ1) is 16.5. The molecule has 2 heterocycles. The van der Waals surface area contributed by atoms with Gasteiger partial charge in [-0.1, -0.05) is 54.3 Å². The number of fused-ring (bicyclic) bond motifs is 1. The normalized spacial score (nSPS) is 14.9. The quantitative estimate of drug-likeness (QED) is 0.372. The molecule has 1 atom stereocenters. The molecule has 0 radical (unpaired) electrons. The number of allylic oxidation sites excluding steroid dienone is 1. The summed E-state index contributed by atoms with van der Waals surface area (Å²) in [5, 5.41) is 15.0. The van der Waals surface area contributed by atoms with Crippen molar-refractivity contribution in [2.24, 2.45) is 0 Å². The van der Waals surface area contributed by atoms with E-state index < -0.39 is 12.0 Å². The highest BCUT2D eigenvalue weighted by atomic mass is 16.5. The molecule has 1 aliphatic heterocycles. The second kappa shape index (κ2) is 10.4.